The molecule has 7 nitrogen and oxygen atoms in total. The van der Waals surface area contributed by atoms with Gasteiger partial charge in [-0.05, 0) is 54.8 Å². The van der Waals surface area contributed by atoms with Crippen LogP contribution in [0.4, 0.5) is 0 Å². The van der Waals surface area contributed by atoms with Crippen LogP contribution in [0.25, 0.3) is 28.2 Å². The number of carbonyl (C=O) groups is 1. The molecule has 0 radical (unpaired) electrons. The van der Waals surface area contributed by atoms with Gasteiger partial charge in [0.15, 0.2) is 0 Å². The summed E-state index contributed by atoms with van der Waals surface area (Å²) in [7, 11) is 1.58. The number of ether oxygens (including phenoxy) is 1. The lowest BCUT2D eigenvalue weighted by molar-refractivity contribution is -0.118. The number of thioether (sulfide) groups is 1. The minimum Gasteiger partial charge on any atom is -0.380 e. The molecule has 43 heavy (non-hydrogen) atoms. The number of amides is 1. The number of hydrogen-bond acceptors (Lipinski definition) is 6. The van der Waals surface area contributed by atoms with Gasteiger partial charge < -0.3 is 9.30 Å². The zero-order valence-electron chi connectivity index (χ0n) is 24.2. The van der Waals surface area contributed by atoms with Crippen molar-refractivity contribution < 1.29 is 9.53 Å². The first-order chi connectivity index (χ1) is 21.0. The monoisotopic (exact) mass is 585 g/mol. The number of hydrogen-bond donors (Lipinski definition) is 1. The Labute approximate surface area is 255 Å². The molecule has 0 saturated heterocycles. The van der Waals surface area contributed by atoms with E-state index in [0.717, 1.165) is 45.0 Å². The van der Waals surface area contributed by atoms with Gasteiger partial charge in [-0.3, -0.25) is 4.79 Å². The first-order valence-electron chi connectivity index (χ1n) is 13.8. The van der Waals surface area contributed by atoms with Crippen LogP contribution < -0.4 is 5.43 Å². The maximum Gasteiger partial charge on any atom is 0.250 e. The molecule has 0 aliphatic rings. The lowest BCUT2D eigenvalue weighted by Crippen LogP contribution is -2.20. The molecule has 3 aromatic carbocycles. The number of nitriles is 1. The predicted molar refractivity (Wildman–Crippen MR) is 172 cm³/mol. The van der Waals surface area contributed by atoms with Crippen molar-refractivity contribution in [2.75, 3.05) is 12.9 Å². The number of hydrazone groups is 1. The number of pyridine rings is 1. The topological polar surface area (TPSA) is 92.3 Å². The number of methoxy groups -OCH3 is 1. The van der Waals surface area contributed by atoms with E-state index >= 15 is 0 Å². The fraction of sp³-hybridized carbons (Fsp3) is 0.143. The molecule has 0 aliphatic heterocycles. The second-order valence-electron chi connectivity index (χ2n) is 9.97. The highest BCUT2D eigenvalue weighted by molar-refractivity contribution is 8.00. The average Bonchev–Trinajstić information content (AvgIpc) is 3.40. The third-order valence-electron chi connectivity index (χ3n) is 6.78. The van der Waals surface area contributed by atoms with E-state index in [4.69, 9.17) is 4.74 Å². The van der Waals surface area contributed by atoms with E-state index < -0.39 is 0 Å². The molecule has 0 spiro atoms. The second kappa shape index (κ2) is 13.8. The summed E-state index contributed by atoms with van der Waals surface area (Å²) < 4.78 is 7.46. The summed E-state index contributed by atoms with van der Waals surface area (Å²) in [6, 6.07) is 34.9. The standard InChI is InChI=1S/C35H31N5O2S/c1-24-14-16-30(17-15-24)40-32(26-10-6-4-7-11-26)19-28(34(40)27-12-8-5-9-13-27)21-37-39-33(41)23-43-35-31(20-36)29(22-42-3)18-25(2)38-35/h4-19,21H,22-23H2,1-3H3,(H,39,41). The maximum atomic E-state index is 12.8. The summed E-state index contributed by atoms with van der Waals surface area (Å²) in [6.07, 6.45) is 1.68. The van der Waals surface area contributed by atoms with Crippen molar-refractivity contribution in [3.8, 4) is 34.3 Å². The summed E-state index contributed by atoms with van der Waals surface area (Å²) in [5.41, 5.74) is 11.7. The molecule has 0 fully saturated rings. The second-order valence-corrected chi connectivity index (χ2v) is 10.9. The summed E-state index contributed by atoms with van der Waals surface area (Å²) >= 11 is 1.20. The molecular weight excluding hydrogens is 554 g/mol. The van der Waals surface area contributed by atoms with Crippen molar-refractivity contribution in [1.82, 2.24) is 15.0 Å². The molecule has 1 N–H and O–H groups in total. The number of nitrogens with one attached hydrogen (secondary N) is 1. The van der Waals surface area contributed by atoms with Crippen LogP contribution in [0.2, 0.25) is 0 Å². The Morgan fingerprint density at radius 2 is 1.67 bits per heavy atom. The van der Waals surface area contributed by atoms with Crippen LogP contribution in [-0.2, 0) is 16.1 Å². The van der Waals surface area contributed by atoms with Crippen LogP contribution in [0.5, 0.6) is 0 Å². The Kier molecular flexibility index (Phi) is 9.47. The van der Waals surface area contributed by atoms with E-state index in [0.29, 0.717) is 17.2 Å². The largest absolute Gasteiger partial charge is 0.380 e. The zero-order chi connectivity index (χ0) is 30.2. The molecule has 2 aromatic heterocycles. The van der Waals surface area contributed by atoms with E-state index in [9.17, 15) is 10.1 Å². The van der Waals surface area contributed by atoms with E-state index in [1.807, 2.05) is 49.4 Å². The first-order valence-corrected chi connectivity index (χ1v) is 14.7. The Balaban J connectivity index is 1.46. The van der Waals surface area contributed by atoms with E-state index in [1.165, 1.54) is 17.3 Å². The zero-order valence-corrected chi connectivity index (χ0v) is 25.1. The molecule has 214 valence electrons. The minimum absolute atomic E-state index is 0.0556. The Hall–Kier alpha value is -4.97. The molecule has 5 aromatic rings. The molecule has 0 bridgehead atoms. The summed E-state index contributed by atoms with van der Waals surface area (Å²) in [5.74, 6) is -0.246. The van der Waals surface area contributed by atoms with Gasteiger partial charge in [-0.1, -0.05) is 90.1 Å². The third kappa shape index (κ3) is 6.92. The molecule has 5 rings (SSSR count). The number of benzene rings is 3. The van der Waals surface area contributed by atoms with Crippen LogP contribution in [0, 0.1) is 25.2 Å². The highest BCUT2D eigenvalue weighted by Crippen LogP contribution is 2.35. The molecule has 1 amide bonds. The molecular formula is C35H31N5O2S. The lowest BCUT2D eigenvalue weighted by atomic mass is 10.1. The Morgan fingerprint density at radius 3 is 2.33 bits per heavy atom. The van der Waals surface area contributed by atoms with Gasteiger partial charge in [0.1, 0.15) is 11.1 Å². The summed E-state index contributed by atoms with van der Waals surface area (Å²) in [4.78, 5) is 17.3. The van der Waals surface area contributed by atoms with Gasteiger partial charge in [-0.15, -0.1) is 0 Å². The number of rotatable bonds is 10. The van der Waals surface area contributed by atoms with Crippen molar-refractivity contribution in [3.63, 3.8) is 0 Å². The van der Waals surface area contributed by atoms with Gasteiger partial charge in [-0.25, -0.2) is 10.4 Å². The Bertz CT molecular complexity index is 1790. The first kappa shape index (κ1) is 29.5. The molecule has 0 unspecified atom stereocenters. The van der Waals surface area contributed by atoms with Crippen LogP contribution in [0.3, 0.4) is 0 Å². The van der Waals surface area contributed by atoms with Crippen molar-refractivity contribution in [2.24, 2.45) is 5.10 Å². The highest BCUT2D eigenvalue weighted by Gasteiger charge is 2.19. The number of nitrogens with zero attached hydrogens (tertiary/aromatic N) is 4. The predicted octanol–water partition coefficient (Wildman–Crippen LogP) is 7.08. The van der Waals surface area contributed by atoms with Crippen molar-refractivity contribution in [3.05, 3.63) is 125 Å². The molecule has 0 atom stereocenters. The number of aromatic nitrogens is 2. The van der Waals surface area contributed by atoms with Crippen LogP contribution >= 0.6 is 11.8 Å². The van der Waals surface area contributed by atoms with Crippen molar-refractivity contribution in [1.29, 1.82) is 5.26 Å². The Morgan fingerprint density at radius 1 is 1.00 bits per heavy atom. The van der Waals surface area contributed by atoms with Gasteiger partial charge in [0.2, 0.25) is 5.91 Å². The van der Waals surface area contributed by atoms with Gasteiger partial charge in [0, 0.05) is 24.1 Å². The van der Waals surface area contributed by atoms with E-state index in [1.54, 1.807) is 13.3 Å². The van der Waals surface area contributed by atoms with E-state index in [2.05, 4.69) is 87.7 Å². The van der Waals surface area contributed by atoms with Gasteiger partial charge in [0.25, 0.3) is 0 Å². The molecule has 0 aliphatic carbocycles. The average molecular weight is 586 g/mol. The summed E-state index contributed by atoms with van der Waals surface area (Å²) in [6.45, 7) is 4.22. The third-order valence-corrected chi connectivity index (χ3v) is 7.75. The maximum absolute atomic E-state index is 12.8. The molecule has 0 saturated carbocycles. The SMILES string of the molecule is COCc1cc(C)nc(SCC(=O)NN=Cc2cc(-c3ccccc3)n(-c3ccc(C)cc3)c2-c2ccccc2)c1C#N. The number of carbonyl (C=O) groups excluding carboxylic acids is 1. The van der Waals surface area contributed by atoms with Crippen molar-refractivity contribution >= 4 is 23.9 Å². The minimum atomic E-state index is -0.302. The van der Waals surface area contributed by atoms with Gasteiger partial charge in [-0.2, -0.15) is 10.4 Å². The van der Waals surface area contributed by atoms with Gasteiger partial charge in [0.05, 0.1) is 35.5 Å². The summed E-state index contributed by atoms with van der Waals surface area (Å²) in [5, 5.41) is 14.5. The lowest BCUT2D eigenvalue weighted by Gasteiger charge is -2.15. The van der Waals surface area contributed by atoms with Crippen molar-refractivity contribution in [2.45, 2.75) is 25.5 Å². The van der Waals surface area contributed by atoms with Gasteiger partial charge >= 0.3 is 0 Å². The molecule has 8 heteroatoms. The highest BCUT2D eigenvalue weighted by atomic mass is 32.2. The quantitative estimate of drug-likeness (QED) is 0.107. The van der Waals surface area contributed by atoms with Crippen LogP contribution in [-0.4, -0.2) is 34.5 Å². The van der Waals surface area contributed by atoms with Crippen LogP contribution in [0.1, 0.15) is 27.9 Å². The smallest absolute Gasteiger partial charge is 0.250 e. The number of aryl methyl sites for hydroxylation is 2. The molecule has 2 heterocycles. The normalized spacial score (nSPS) is 11.0. The van der Waals surface area contributed by atoms with E-state index in [-0.39, 0.29) is 11.7 Å². The van der Waals surface area contributed by atoms with Crippen LogP contribution in [0.15, 0.2) is 107 Å². The fourth-order valence-corrected chi connectivity index (χ4v) is 5.71. The fourth-order valence-electron chi connectivity index (χ4n) is 4.85.